The van der Waals surface area contributed by atoms with Gasteiger partial charge in [-0.3, -0.25) is 0 Å². The van der Waals surface area contributed by atoms with Crippen molar-refractivity contribution in [1.82, 2.24) is 0 Å². The third-order valence-electron chi connectivity index (χ3n) is 8.64. The SMILES string of the molecule is OC1CCC(C(O)c2cc3ccc4cc(C(O)C5CCC(O)CC5)cc5ccc(c2)c3c45)CC1. The zero-order chi connectivity index (χ0) is 23.4. The smallest absolute Gasteiger partial charge is 0.0818 e. The Bertz CT molecular complexity index is 1130. The first-order chi connectivity index (χ1) is 16.5. The molecular weight excluding hydrogens is 424 g/mol. The fourth-order valence-corrected chi connectivity index (χ4v) is 6.61. The second kappa shape index (κ2) is 8.76. The maximum absolute atomic E-state index is 11.1. The highest BCUT2D eigenvalue weighted by atomic mass is 16.3. The molecule has 4 nitrogen and oxygen atoms in total. The van der Waals surface area contributed by atoms with Gasteiger partial charge >= 0.3 is 0 Å². The topological polar surface area (TPSA) is 80.9 Å². The summed E-state index contributed by atoms with van der Waals surface area (Å²) < 4.78 is 0. The normalized spacial score (nSPS) is 28.0. The van der Waals surface area contributed by atoms with Crippen molar-refractivity contribution in [3.63, 3.8) is 0 Å². The quantitative estimate of drug-likeness (QED) is 0.293. The first-order valence-electron chi connectivity index (χ1n) is 12.9. The van der Waals surface area contributed by atoms with Crippen LogP contribution in [-0.2, 0) is 0 Å². The van der Waals surface area contributed by atoms with Crippen molar-refractivity contribution in [2.24, 2.45) is 11.8 Å². The van der Waals surface area contributed by atoms with Crippen molar-refractivity contribution < 1.29 is 20.4 Å². The minimum atomic E-state index is -0.509. The molecule has 2 atom stereocenters. The average Bonchev–Trinajstić information content (AvgIpc) is 2.87. The maximum Gasteiger partial charge on any atom is 0.0818 e. The zero-order valence-electron chi connectivity index (χ0n) is 19.5. The van der Waals surface area contributed by atoms with Crippen LogP contribution in [0.15, 0.2) is 48.5 Å². The van der Waals surface area contributed by atoms with Gasteiger partial charge in [-0.05, 0) is 131 Å². The lowest BCUT2D eigenvalue weighted by atomic mass is 9.80. The van der Waals surface area contributed by atoms with E-state index in [2.05, 4.69) is 48.5 Å². The largest absolute Gasteiger partial charge is 0.393 e. The summed E-state index contributed by atoms with van der Waals surface area (Å²) in [4.78, 5) is 0. The van der Waals surface area contributed by atoms with Gasteiger partial charge in [-0.25, -0.2) is 0 Å². The van der Waals surface area contributed by atoms with E-state index in [4.69, 9.17) is 0 Å². The fourth-order valence-electron chi connectivity index (χ4n) is 6.61. The molecule has 0 heterocycles. The van der Waals surface area contributed by atoms with Gasteiger partial charge in [0.1, 0.15) is 0 Å². The van der Waals surface area contributed by atoms with E-state index >= 15 is 0 Å². The van der Waals surface area contributed by atoms with E-state index < -0.39 is 12.2 Å². The third-order valence-corrected chi connectivity index (χ3v) is 8.64. The molecule has 0 saturated heterocycles. The van der Waals surface area contributed by atoms with E-state index in [0.717, 1.165) is 84.0 Å². The average molecular weight is 459 g/mol. The third kappa shape index (κ3) is 3.87. The molecule has 0 amide bonds. The van der Waals surface area contributed by atoms with Crippen molar-refractivity contribution in [1.29, 1.82) is 0 Å². The molecule has 4 aromatic carbocycles. The summed E-state index contributed by atoms with van der Waals surface area (Å²) in [7, 11) is 0. The lowest BCUT2D eigenvalue weighted by Crippen LogP contribution is -2.23. The predicted octanol–water partition coefficient (Wildman–Crippen LogP) is 5.75. The number of rotatable bonds is 4. The van der Waals surface area contributed by atoms with Crippen LogP contribution in [0.3, 0.4) is 0 Å². The van der Waals surface area contributed by atoms with E-state index in [1.807, 2.05) is 0 Å². The van der Waals surface area contributed by atoms with E-state index in [1.54, 1.807) is 0 Å². The van der Waals surface area contributed by atoms with Crippen LogP contribution in [0, 0.1) is 11.8 Å². The van der Waals surface area contributed by atoms with Gasteiger partial charge in [0, 0.05) is 0 Å². The lowest BCUT2D eigenvalue weighted by Gasteiger charge is -2.30. The van der Waals surface area contributed by atoms with E-state index in [-0.39, 0.29) is 24.0 Å². The molecule has 0 radical (unpaired) electrons. The highest BCUT2D eigenvalue weighted by Crippen LogP contribution is 2.42. The first kappa shape index (κ1) is 22.2. The van der Waals surface area contributed by atoms with Gasteiger partial charge in [0.25, 0.3) is 0 Å². The summed E-state index contributed by atoms with van der Waals surface area (Å²) in [6.45, 7) is 0. The van der Waals surface area contributed by atoms with Gasteiger partial charge in [0.2, 0.25) is 0 Å². The number of aliphatic hydroxyl groups excluding tert-OH is 4. The molecule has 4 N–H and O–H groups in total. The Labute approximate surface area is 200 Å². The van der Waals surface area contributed by atoms with Crippen LogP contribution in [0.25, 0.3) is 32.3 Å². The summed E-state index contributed by atoms with van der Waals surface area (Å²) in [6.07, 6.45) is 5.06. The van der Waals surface area contributed by atoms with Gasteiger partial charge < -0.3 is 20.4 Å². The number of benzene rings is 4. The Morgan fingerprint density at radius 3 is 1.09 bits per heavy atom. The molecule has 4 aromatic rings. The van der Waals surface area contributed by atoms with Crippen LogP contribution in [0.4, 0.5) is 0 Å². The van der Waals surface area contributed by atoms with E-state index in [9.17, 15) is 20.4 Å². The second-order valence-corrected chi connectivity index (χ2v) is 10.8. The Kier molecular flexibility index (Phi) is 5.73. The van der Waals surface area contributed by atoms with Gasteiger partial charge in [-0.2, -0.15) is 0 Å². The Morgan fingerprint density at radius 1 is 0.500 bits per heavy atom. The highest BCUT2D eigenvalue weighted by Gasteiger charge is 2.28. The first-order valence-corrected chi connectivity index (χ1v) is 12.9. The molecule has 2 aliphatic rings. The summed E-state index contributed by atoms with van der Waals surface area (Å²) in [5, 5.41) is 48.9. The van der Waals surface area contributed by atoms with Crippen LogP contribution in [0.2, 0.25) is 0 Å². The number of aliphatic hydroxyl groups is 4. The highest BCUT2D eigenvalue weighted by molar-refractivity contribution is 6.23. The van der Waals surface area contributed by atoms with Crippen molar-refractivity contribution in [2.75, 3.05) is 0 Å². The maximum atomic E-state index is 11.1. The molecule has 6 rings (SSSR count). The van der Waals surface area contributed by atoms with E-state index in [0.29, 0.717) is 0 Å². The molecule has 0 bridgehead atoms. The minimum Gasteiger partial charge on any atom is -0.393 e. The van der Waals surface area contributed by atoms with Crippen molar-refractivity contribution >= 4 is 32.3 Å². The standard InChI is InChI=1S/C30H34O4/c31-25-9-5-17(6-10-25)29(33)23-13-19-1-2-20-14-24(30(34)18-7-11-26(32)12-8-18)16-22-4-3-21(15-23)27(19)28(20)22/h1-4,13-18,25-26,29-34H,5-12H2. The summed E-state index contributed by atoms with van der Waals surface area (Å²) in [6, 6.07) is 17.1. The predicted molar refractivity (Wildman–Crippen MR) is 136 cm³/mol. The zero-order valence-corrected chi connectivity index (χ0v) is 19.5. The summed E-state index contributed by atoms with van der Waals surface area (Å²) >= 11 is 0. The molecule has 4 heteroatoms. The van der Waals surface area contributed by atoms with Gasteiger partial charge in [-0.1, -0.05) is 24.3 Å². The summed E-state index contributed by atoms with van der Waals surface area (Å²) in [5.41, 5.74) is 1.92. The van der Waals surface area contributed by atoms with E-state index in [1.165, 1.54) is 10.8 Å². The van der Waals surface area contributed by atoms with Gasteiger partial charge in [-0.15, -0.1) is 0 Å². The van der Waals surface area contributed by atoms with Crippen molar-refractivity contribution in [3.05, 3.63) is 59.7 Å². The second-order valence-electron chi connectivity index (χ2n) is 10.8. The molecule has 0 aromatic heterocycles. The molecule has 2 aliphatic carbocycles. The van der Waals surface area contributed by atoms with Gasteiger partial charge in [0.15, 0.2) is 0 Å². The monoisotopic (exact) mass is 458 g/mol. The molecule has 178 valence electrons. The molecule has 0 spiro atoms. The lowest BCUT2D eigenvalue weighted by molar-refractivity contribution is 0.0411. The van der Waals surface area contributed by atoms with Crippen LogP contribution in [0.1, 0.15) is 74.7 Å². The Hall–Kier alpha value is -2.24. The van der Waals surface area contributed by atoms with Crippen molar-refractivity contribution in [3.8, 4) is 0 Å². The van der Waals surface area contributed by atoms with Gasteiger partial charge in [0.05, 0.1) is 24.4 Å². The van der Waals surface area contributed by atoms with Crippen LogP contribution >= 0.6 is 0 Å². The Morgan fingerprint density at radius 2 is 0.794 bits per heavy atom. The molecule has 2 fully saturated rings. The molecule has 2 saturated carbocycles. The Balaban J connectivity index is 1.37. The summed E-state index contributed by atoms with van der Waals surface area (Å²) in [5.74, 6) is 0.392. The number of hydrogen-bond donors (Lipinski definition) is 4. The number of hydrogen-bond acceptors (Lipinski definition) is 4. The minimum absolute atomic E-state index is 0.196. The molecular formula is C30H34O4. The molecule has 34 heavy (non-hydrogen) atoms. The molecule has 2 unspecified atom stereocenters. The van der Waals surface area contributed by atoms with Crippen LogP contribution in [-0.4, -0.2) is 32.6 Å². The van der Waals surface area contributed by atoms with Crippen LogP contribution < -0.4 is 0 Å². The van der Waals surface area contributed by atoms with Crippen LogP contribution in [0.5, 0.6) is 0 Å². The molecule has 0 aliphatic heterocycles. The fraction of sp³-hybridized carbons (Fsp3) is 0.467. The van der Waals surface area contributed by atoms with Crippen molar-refractivity contribution in [2.45, 2.75) is 75.8 Å².